The molecule has 11 heteroatoms. The maximum atomic E-state index is 13.8. The summed E-state index contributed by atoms with van der Waals surface area (Å²) in [5, 5.41) is 0. The number of aryl methyl sites for hydroxylation is 1. The number of nitrogens with one attached hydrogen (secondary N) is 2. The molecule has 0 atom stereocenters. The van der Waals surface area contributed by atoms with E-state index in [-0.39, 0.29) is 32.7 Å². The van der Waals surface area contributed by atoms with Crippen molar-refractivity contribution < 1.29 is 22.4 Å². The van der Waals surface area contributed by atoms with Gasteiger partial charge in [0, 0.05) is 18.5 Å². The number of benzene rings is 2. The summed E-state index contributed by atoms with van der Waals surface area (Å²) in [7, 11) is -3.92. The quantitative estimate of drug-likeness (QED) is 0.360. The van der Waals surface area contributed by atoms with Crippen LogP contribution in [-0.4, -0.2) is 36.0 Å². The van der Waals surface area contributed by atoms with Crippen molar-refractivity contribution >= 4 is 56.2 Å². The van der Waals surface area contributed by atoms with E-state index in [0.29, 0.717) is 0 Å². The molecule has 1 aliphatic rings. The smallest absolute Gasteiger partial charge is 0.266 e. The van der Waals surface area contributed by atoms with Gasteiger partial charge >= 0.3 is 0 Å². The summed E-state index contributed by atoms with van der Waals surface area (Å²) in [4.78, 5) is 28.1. The number of thioether (sulfide) groups is 1. The second-order valence-electron chi connectivity index (χ2n) is 6.57. The lowest BCUT2D eigenvalue weighted by Crippen LogP contribution is -2.43. The first-order valence-electron chi connectivity index (χ1n) is 9.04. The molecule has 2 aromatic carbocycles. The Morgan fingerprint density at radius 2 is 1.87 bits per heavy atom. The fraction of sp³-hybridized carbons (Fsp3) is 0.150. The molecule has 0 bridgehead atoms. The van der Waals surface area contributed by atoms with Crippen LogP contribution in [0.4, 0.5) is 4.39 Å². The van der Waals surface area contributed by atoms with Crippen molar-refractivity contribution in [3.8, 4) is 0 Å². The first-order valence-corrected chi connectivity index (χ1v) is 11.8. The fourth-order valence-electron chi connectivity index (χ4n) is 2.60. The van der Waals surface area contributed by atoms with Crippen LogP contribution in [-0.2, 0) is 19.6 Å². The number of hydrogen-bond donors (Lipinski definition) is 2. The monoisotopic (exact) mass is 479 g/mol. The van der Waals surface area contributed by atoms with Crippen molar-refractivity contribution in [2.45, 2.75) is 18.2 Å². The Morgan fingerprint density at radius 3 is 2.55 bits per heavy atom. The van der Waals surface area contributed by atoms with Gasteiger partial charge in [-0.05, 0) is 31.2 Å². The van der Waals surface area contributed by atoms with E-state index in [2.05, 4.69) is 5.43 Å². The number of rotatable bonds is 7. The molecule has 0 saturated carbocycles. The van der Waals surface area contributed by atoms with Gasteiger partial charge in [-0.1, -0.05) is 59.9 Å². The molecular weight excluding hydrogens is 461 g/mol. The van der Waals surface area contributed by atoms with Crippen molar-refractivity contribution in [2.75, 3.05) is 6.54 Å². The predicted molar refractivity (Wildman–Crippen MR) is 121 cm³/mol. The van der Waals surface area contributed by atoms with Gasteiger partial charge in [-0.2, -0.15) is 0 Å². The molecule has 162 valence electrons. The van der Waals surface area contributed by atoms with Crippen molar-refractivity contribution in [3.05, 3.63) is 70.4 Å². The Bertz CT molecular complexity index is 1160. The van der Waals surface area contributed by atoms with Crippen molar-refractivity contribution in [2.24, 2.45) is 0 Å². The van der Waals surface area contributed by atoms with Gasteiger partial charge < -0.3 is 0 Å². The Kier molecular flexibility index (Phi) is 7.21. The third kappa shape index (κ3) is 5.76. The summed E-state index contributed by atoms with van der Waals surface area (Å²) < 4.78 is 38.5. The third-order valence-corrected chi connectivity index (χ3v) is 6.93. The van der Waals surface area contributed by atoms with Gasteiger partial charge in [-0.25, -0.2) is 12.8 Å². The van der Waals surface area contributed by atoms with Gasteiger partial charge in [-0.3, -0.25) is 19.9 Å². The third-order valence-electron chi connectivity index (χ3n) is 4.28. The van der Waals surface area contributed by atoms with Crippen LogP contribution in [0.2, 0.25) is 0 Å². The van der Waals surface area contributed by atoms with Crippen LogP contribution < -0.4 is 10.3 Å². The molecule has 1 fully saturated rings. The standard InChI is InChI=1S/C20H18FN3O4S3/c1-13-6-8-15(9-7-13)31(27,28)23-22-18(25)10-11-24-19(26)17(30-20(24)29)12-14-4-2-3-5-16(14)21/h2-9,12,23H,10-11H2,1H3,(H,22,25)/b17-12+. The van der Waals surface area contributed by atoms with E-state index < -0.39 is 27.7 Å². The average molecular weight is 480 g/mol. The van der Waals surface area contributed by atoms with Crippen LogP contribution in [0.3, 0.4) is 0 Å². The second kappa shape index (κ2) is 9.69. The number of hydrogen-bond acceptors (Lipinski definition) is 6. The minimum Gasteiger partial charge on any atom is -0.292 e. The molecule has 0 spiro atoms. The van der Waals surface area contributed by atoms with Crippen LogP contribution in [0.1, 0.15) is 17.5 Å². The average Bonchev–Trinajstić information content (AvgIpc) is 2.99. The van der Waals surface area contributed by atoms with E-state index in [0.717, 1.165) is 17.3 Å². The highest BCUT2D eigenvalue weighted by Gasteiger charge is 2.32. The van der Waals surface area contributed by atoms with Gasteiger partial charge in [0.15, 0.2) is 0 Å². The Morgan fingerprint density at radius 1 is 1.19 bits per heavy atom. The first-order chi connectivity index (χ1) is 14.7. The number of nitrogens with zero attached hydrogens (tertiary/aromatic N) is 1. The van der Waals surface area contributed by atoms with Crippen molar-refractivity contribution in [1.82, 2.24) is 15.2 Å². The molecule has 31 heavy (non-hydrogen) atoms. The molecule has 0 unspecified atom stereocenters. The van der Waals surface area contributed by atoms with E-state index in [9.17, 15) is 22.4 Å². The van der Waals surface area contributed by atoms with E-state index in [1.54, 1.807) is 24.3 Å². The van der Waals surface area contributed by atoms with Gasteiger partial charge in [-0.15, -0.1) is 4.83 Å². The molecule has 2 aromatic rings. The topological polar surface area (TPSA) is 95.6 Å². The van der Waals surface area contributed by atoms with Gasteiger partial charge in [0.25, 0.3) is 15.9 Å². The predicted octanol–water partition coefficient (Wildman–Crippen LogP) is 2.74. The number of hydrazine groups is 1. The number of carbonyl (C=O) groups excluding carboxylic acids is 2. The summed E-state index contributed by atoms with van der Waals surface area (Å²) in [6.07, 6.45) is 1.22. The van der Waals surface area contributed by atoms with E-state index in [1.165, 1.54) is 35.2 Å². The zero-order valence-corrected chi connectivity index (χ0v) is 18.7. The lowest BCUT2D eigenvalue weighted by atomic mass is 10.2. The van der Waals surface area contributed by atoms with Crippen molar-refractivity contribution in [1.29, 1.82) is 0 Å². The molecule has 0 aromatic heterocycles. The number of halogens is 1. The highest BCUT2D eigenvalue weighted by Crippen LogP contribution is 2.32. The lowest BCUT2D eigenvalue weighted by Gasteiger charge is -2.14. The summed E-state index contributed by atoms with van der Waals surface area (Å²) in [6, 6.07) is 12.1. The molecule has 0 radical (unpaired) electrons. The van der Waals surface area contributed by atoms with Gasteiger partial charge in [0.1, 0.15) is 10.1 Å². The second-order valence-corrected chi connectivity index (χ2v) is 9.93. The molecule has 2 amide bonds. The number of carbonyl (C=O) groups is 2. The fourth-order valence-corrected chi connectivity index (χ4v) is 4.76. The van der Waals surface area contributed by atoms with E-state index in [1.807, 2.05) is 11.8 Å². The molecule has 2 N–H and O–H groups in total. The molecule has 7 nitrogen and oxygen atoms in total. The Hall–Kier alpha value is -2.60. The zero-order valence-electron chi connectivity index (χ0n) is 16.3. The number of amides is 2. The zero-order chi connectivity index (χ0) is 22.6. The largest absolute Gasteiger partial charge is 0.292 e. The van der Waals surface area contributed by atoms with Gasteiger partial charge in [0.05, 0.1) is 9.80 Å². The summed E-state index contributed by atoms with van der Waals surface area (Å²) in [5.74, 6) is -1.54. The maximum Gasteiger partial charge on any atom is 0.266 e. The number of sulfonamides is 1. The van der Waals surface area contributed by atoms with Crippen LogP contribution in [0.15, 0.2) is 58.3 Å². The minimum absolute atomic E-state index is 0.00798. The van der Waals surface area contributed by atoms with E-state index in [4.69, 9.17) is 12.2 Å². The Balaban J connectivity index is 1.56. The first kappa shape index (κ1) is 23.1. The highest BCUT2D eigenvalue weighted by atomic mass is 32.2. The van der Waals surface area contributed by atoms with Gasteiger partial charge in [0.2, 0.25) is 5.91 Å². The summed E-state index contributed by atoms with van der Waals surface area (Å²) in [5.41, 5.74) is 3.27. The number of thiocarbonyl (C=S) groups is 1. The summed E-state index contributed by atoms with van der Waals surface area (Å²) >= 11 is 6.20. The molecule has 1 aliphatic heterocycles. The minimum atomic E-state index is -3.92. The molecular formula is C20H18FN3O4S3. The Labute approximate surface area is 188 Å². The van der Waals surface area contributed by atoms with Crippen LogP contribution in [0.25, 0.3) is 6.08 Å². The van der Waals surface area contributed by atoms with Crippen molar-refractivity contribution in [3.63, 3.8) is 0 Å². The lowest BCUT2D eigenvalue weighted by molar-refractivity contribution is -0.124. The van der Waals surface area contributed by atoms with Crippen LogP contribution in [0, 0.1) is 12.7 Å². The van der Waals surface area contributed by atoms with Crippen LogP contribution >= 0.6 is 24.0 Å². The molecule has 0 aliphatic carbocycles. The van der Waals surface area contributed by atoms with Crippen LogP contribution in [0.5, 0.6) is 0 Å². The molecule has 1 heterocycles. The molecule has 3 rings (SSSR count). The van der Waals surface area contributed by atoms with E-state index >= 15 is 0 Å². The summed E-state index contributed by atoms with van der Waals surface area (Å²) in [6.45, 7) is 1.78. The normalized spacial score (nSPS) is 15.5. The molecule has 1 saturated heterocycles. The maximum absolute atomic E-state index is 13.8. The highest BCUT2D eigenvalue weighted by molar-refractivity contribution is 8.26. The SMILES string of the molecule is Cc1ccc(S(=O)(=O)NNC(=O)CCN2C(=O)/C(=C\c3ccccc3F)SC2=S)cc1.